The zero-order chi connectivity index (χ0) is 19.4. The summed E-state index contributed by atoms with van der Waals surface area (Å²) in [5.41, 5.74) is 1.09. The summed E-state index contributed by atoms with van der Waals surface area (Å²) in [4.78, 5) is 28.5. The highest BCUT2D eigenvalue weighted by molar-refractivity contribution is 5.84. The second-order valence-electron chi connectivity index (χ2n) is 6.50. The molecular weight excluding hydrogens is 344 g/mol. The molecule has 0 spiro atoms. The average molecular weight is 366 g/mol. The lowest BCUT2D eigenvalue weighted by atomic mass is 9.90. The zero-order valence-electron chi connectivity index (χ0n) is 15.1. The van der Waals surface area contributed by atoms with Crippen molar-refractivity contribution >= 4 is 17.0 Å². The molecule has 2 N–H and O–H groups in total. The molecule has 2 heterocycles. The maximum absolute atomic E-state index is 13.3. The first kappa shape index (κ1) is 18.6. The molecule has 6 nitrogen and oxygen atoms in total. The topological polar surface area (TPSA) is 92.4 Å². The highest BCUT2D eigenvalue weighted by atomic mass is 16.4. The van der Waals surface area contributed by atoms with E-state index in [9.17, 15) is 14.7 Å². The van der Waals surface area contributed by atoms with Crippen molar-refractivity contribution in [3.63, 3.8) is 0 Å². The van der Waals surface area contributed by atoms with Gasteiger partial charge in [-0.05, 0) is 49.4 Å². The summed E-state index contributed by atoms with van der Waals surface area (Å²) in [6, 6.07) is 12.7. The Bertz CT molecular complexity index is 1010. The number of benzene rings is 1. The van der Waals surface area contributed by atoms with Crippen LogP contribution in [0.2, 0.25) is 0 Å². The summed E-state index contributed by atoms with van der Waals surface area (Å²) in [5, 5.41) is 20.2. The van der Waals surface area contributed by atoms with E-state index >= 15 is 0 Å². The molecule has 0 aliphatic heterocycles. The molecule has 27 heavy (non-hydrogen) atoms. The monoisotopic (exact) mass is 366 g/mol. The maximum atomic E-state index is 13.3. The summed E-state index contributed by atoms with van der Waals surface area (Å²) in [6.07, 6.45) is 3.22. The summed E-state index contributed by atoms with van der Waals surface area (Å²) >= 11 is 0. The van der Waals surface area contributed by atoms with Gasteiger partial charge in [-0.15, -0.1) is 0 Å². The fourth-order valence-electron chi connectivity index (χ4n) is 3.46. The molecular formula is C21H22N2O4. The van der Waals surface area contributed by atoms with E-state index in [0.717, 1.165) is 0 Å². The molecule has 3 aromatic rings. The van der Waals surface area contributed by atoms with Crippen LogP contribution in [0.5, 0.6) is 5.75 Å². The molecule has 1 atom stereocenters. The number of carbonyl (C=O) groups is 1. The highest BCUT2D eigenvalue weighted by Gasteiger charge is 2.24. The summed E-state index contributed by atoms with van der Waals surface area (Å²) in [5.74, 6) is -1.15. The zero-order valence-corrected chi connectivity index (χ0v) is 15.1. The minimum Gasteiger partial charge on any atom is -0.507 e. The Morgan fingerprint density at radius 1 is 1.19 bits per heavy atom. The number of carboxylic acid groups (broad SMARTS) is 1. The predicted molar refractivity (Wildman–Crippen MR) is 104 cm³/mol. The lowest BCUT2D eigenvalue weighted by Crippen LogP contribution is -2.25. The quantitative estimate of drug-likeness (QED) is 0.663. The second kappa shape index (κ2) is 8.03. The first-order valence-electron chi connectivity index (χ1n) is 9.04. The Balaban J connectivity index is 2.21. The van der Waals surface area contributed by atoms with E-state index in [1.165, 1.54) is 4.57 Å². The minimum atomic E-state index is -0.863. The fourth-order valence-corrected chi connectivity index (χ4v) is 3.46. The smallest absolute Gasteiger partial charge is 0.303 e. The fraction of sp³-hybridized carbons (Fsp3) is 0.286. The Morgan fingerprint density at radius 2 is 1.93 bits per heavy atom. The van der Waals surface area contributed by atoms with Gasteiger partial charge in [0, 0.05) is 12.6 Å². The molecule has 0 aliphatic rings. The molecule has 6 heteroatoms. The predicted octanol–water partition coefficient (Wildman–Crippen LogP) is 3.84. The number of para-hydroxylation sites is 1. The van der Waals surface area contributed by atoms with Crippen LogP contribution in [0.3, 0.4) is 0 Å². The summed E-state index contributed by atoms with van der Waals surface area (Å²) in [6.45, 7) is 1.94. The third kappa shape index (κ3) is 3.69. The Morgan fingerprint density at radius 3 is 2.59 bits per heavy atom. The molecule has 0 fully saturated rings. The van der Waals surface area contributed by atoms with Gasteiger partial charge in [0.1, 0.15) is 5.75 Å². The molecule has 1 unspecified atom stereocenters. The Kier molecular flexibility index (Phi) is 5.54. The first-order valence-corrected chi connectivity index (χ1v) is 9.04. The van der Waals surface area contributed by atoms with Crippen molar-refractivity contribution in [2.75, 3.05) is 0 Å². The number of pyridine rings is 2. The van der Waals surface area contributed by atoms with E-state index < -0.39 is 5.97 Å². The van der Waals surface area contributed by atoms with Crippen molar-refractivity contribution in [1.82, 2.24) is 9.55 Å². The lowest BCUT2D eigenvalue weighted by Gasteiger charge is -2.19. The van der Waals surface area contributed by atoms with E-state index in [0.29, 0.717) is 41.5 Å². The number of aromatic hydroxyl groups is 1. The first-order chi connectivity index (χ1) is 13.0. The number of hydrogen-bond acceptors (Lipinski definition) is 4. The molecule has 1 aromatic carbocycles. The van der Waals surface area contributed by atoms with Gasteiger partial charge in [-0.1, -0.05) is 25.1 Å². The van der Waals surface area contributed by atoms with Crippen molar-refractivity contribution in [2.45, 2.75) is 38.5 Å². The van der Waals surface area contributed by atoms with E-state index in [2.05, 4.69) is 4.98 Å². The molecule has 0 amide bonds. The molecule has 0 aliphatic carbocycles. The summed E-state index contributed by atoms with van der Waals surface area (Å²) in [7, 11) is 0. The van der Waals surface area contributed by atoms with Gasteiger partial charge < -0.3 is 10.2 Å². The van der Waals surface area contributed by atoms with Crippen LogP contribution in [0.15, 0.2) is 53.5 Å². The van der Waals surface area contributed by atoms with E-state index in [4.69, 9.17) is 5.11 Å². The van der Waals surface area contributed by atoms with Crippen LogP contribution in [-0.2, 0) is 4.79 Å². The number of aromatic nitrogens is 2. The minimum absolute atomic E-state index is 0.0409. The molecule has 3 rings (SSSR count). The third-order valence-electron chi connectivity index (χ3n) is 4.80. The standard InChI is InChI=1S/C21H22N2O4/c1-2-14(8-6-12-17(24)25)18-19(26)16-11-7-13-22-20(16)23(21(18)27)15-9-4-3-5-10-15/h3-5,7,9-11,13-14,26H,2,6,8,12H2,1H3,(H,24,25). The third-order valence-corrected chi connectivity index (χ3v) is 4.80. The van der Waals surface area contributed by atoms with Crippen molar-refractivity contribution in [3.05, 3.63) is 64.6 Å². The van der Waals surface area contributed by atoms with Crippen molar-refractivity contribution in [2.24, 2.45) is 0 Å². The number of fused-ring (bicyclic) bond motifs is 1. The van der Waals surface area contributed by atoms with Crippen LogP contribution < -0.4 is 5.56 Å². The van der Waals surface area contributed by atoms with Crippen LogP contribution in [-0.4, -0.2) is 25.7 Å². The number of nitrogens with zero attached hydrogens (tertiary/aromatic N) is 2. The van der Waals surface area contributed by atoms with Crippen LogP contribution in [0.4, 0.5) is 0 Å². The van der Waals surface area contributed by atoms with Gasteiger partial charge in [-0.25, -0.2) is 4.98 Å². The normalized spacial score (nSPS) is 12.2. The summed E-state index contributed by atoms with van der Waals surface area (Å²) < 4.78 is 1.52. The molecule has 0 saturated heterocycles. The van der Waals surface area contributed by atoms with Gasteiger partial charge in [0.15, 0.2) is 5.65 Å². The van der Waals surface area contributed by atoms with Gasteiger partial charge in [-0.3, -0.25) is 14.2 Å². The van der Waals surface area contributed by atoms with Crippen molar-refractivity contribution < 1.29 is 15.0 Å². The SMILES string of the molecule is CCC(CCCC(=O)O)c1c(O)c2cccnc2n(-c2ccccc2)c1=O. The van der Waals surface area contributed by atoms with Gasteiger partial charge in [0.2, 0.25) is 0 Å². The number of hydrogen-bond donors (Lipinski definition) is 2. The Hall–Kier alpha value is -3.15. The highest BCUT2D eigenvalue weighted by Crippen LogP contribution is 2.34. The molecule has 0 bridgehead atoms. The molecule has 0 radical (unpaired) electrons. The van der Waals surface area contributed by atoms with Crippen molar-refractivity contribution in [3.8, 4) is 11.4 Å². The van der Waals surface area contributed by atoms with Gasteiger partial charge in [-0.2, -0.15) is 0 Å². The van der Waals surface area contributed by atoms with E-state index in [-0.39, 0.29) is 23.6 Å². The van der Waals surface area contributed by atoms with Crippen LogP contribution in [0, 0.1) is 0 Å². The second-order valence-corrected chi connectivity index (χ2v) is 6.50. The van der Waals surface area contributed by atoms with Gasteiger partial charge >= 0.3 is 5.97 Å². The van der Waals surface area contributed by atoms with Crippen LogP contribution >= 0.6 is 0 Å². The largest absolute Gasteiger partial charge is 0.507 e. The van der Waals surface area contributed by atoms with Gasteiger partial charge in [0.25, 0.3) is 5.56 Å². The maximum Gasteiger partial charge on any atom is 0.303 e. The van der Waals surface area contributed by atoms with Crippen molar-refractivity contribution in [1.29, 1.82) is 0 Å². The lowest BCUT2D eigenvalue weighted by molar-refractivity contribution is -0.137. The van der Waals surface area contributed by atoms with Crippen LogP contribution in [0.25, 0.3) is 16.7 Å². The molecule has 140 valence electrons. The number of aliphatic carboxylic acids is 1. The van der Waals surface area contributed by atoms with E-state index in [1.54, 1.807) is 18.3 Å². The van der Waals surface area contributed by atoms with Gasteiger partial charge in [0.05, 0.1) is 16.6 Å². The molecule has 2 aromatic heterocycles. The molecule has 0 saturated carbocycles. The average Bonchev–Trinajstić information content (AvgIpc) is 2.67. The number of carboxylic acids is 1. The number of rotatable bonds is 7. The Labute approximate surface area is 156 Å². The van der Waals surface area contributed by atoms with Crippen LogP contribution in [0.1, 0.15) is 44.1 Å². The van der Waals surface area contributed by atoms with E-state index in [1.807, 2.05) is 37.3 Å².